The number of aryl methyl sites for hydroxylation is 1. The van der Waals surface area contributed by atoms with Gasteiger partial charge < -0.3 is 5.73 Å². The Kier molecular flexibility index (Phi) is 3.80. The minimum absolute atomic E-state index is 0.0240. The van der Waals surface area contributed by atoms with Gasteiger partial charge in [-0.25, -0.2) is 4.39 Å². The molecule has 102 valence electrons. The van der Waals surface area contributed by atoms with E-state index in [1.807, 2.05) is 0 Å². The van der Waals surface area contributed by atoms with E-state index in [0.29, 0.717) is 22.7 Å². The smallest absolute Gasteiger partial charge is 0.142 e. The molecule has 0 bridgehead atoms. The summed E-state index contributed by atoms with van der Waals surface area (Å²) in [6.07, 6.45) is 2.15. The Hall–Kier alpha value is -1.17. The number of benzene rings is 1. The second kappa shape index (κ2) is 5.07. The highest BCUT2D eigenvalue weighted by Gasteiger charge is 2.27. The fourth-order valence-corrected chi connectivity index (χ4v) is 2.51. The standard InChI is InChI=1S/C12H13Cl2FN4/c1-12(16,5-7-6-19(2)18-17-7)8-3-11(15)10(14)4-9(8)13/h3-4,6H,5,16H2,1-2H3. The van der Waals surface area contributed by atoms with Crippen molar-refractivity contribution >= 4 is 23.2 Å². The lowest BCUT2D eigenvalue weighted by atomic mass is 9.88. The predicted molar refractivity (Wildman–Crippen MR) is 72.7 cm³/mol. The Morgan fingerprint density at radius 3 is 2.63 bits per heavy atom. The summed E-state index contributed by atoms with van der Waals surface area (Å²) >= 11 is 11.8. The van der Waals surface area contributed by atoms with Crippen LogP contribution in [0.1, 0.15) is 18.2 Å². The van der Waals surface area contributed by atoms with Crippen LogP contribution >= 0.6 is 23.2 Å². The summed E-state index contributed by atoms with van der Waals surface area (Å²) in [5.74, 6) is -0.545. The van der Waals surface area contributed by atoms with E-state index in [1.54, 1.807) is 24.9 Å². The van der Waals surface area contributed by atoms with Gasteiger partial charge in [0.2, 0.25) is 0 Å². The highest BCUT2D eigenvalue weighted by molar-refractivity contribution is 6.35. The van der Waals surface area contributed by atoms with Crippen LogP contribution in [0, 0.1) is 5.82 Å². The molecule has 1 unspecified atom stereocenters. The molecular weight excluding hydrogens is 290 g/mol. The molecule has 7 heteroatoms. The van der Waals surface area contributed by atoms with Crippen molar-refractivity contribution in [1.82, 2.24) is 15.0 Å². The Bertz CT molecular complexity index is 610. The Labute approximate surface area is 120 Å². The van der Waals surface area contributed by atoms with Gasteiger partial charge in [0.25, 0.3) is 0 Å². The number of aromatic nitrogens is 3. The lowest BCUT2D eigenvalue weighted by Crippen LogP contribution is -2.36. The Balaban J connectivity index is 2.36. The summed E-state index contributed by atoms with van der Waals surface area (Å²) in [7, 11) is 1.76. The highest BCUT2D eigenvalue weighted by Crippen LogP contribution is 2.32. The second-order valence-electron chi connectivity index (χ2n) is 4.72. The van der Waals surface area contributed by atoms with Crippen molar-refractivity contribution in [3.8, 4) is 0 Å². The van der Waals surface area contributed by atoms with E-state index in [4.69, 9.17) is 28.9 Å². The average molecular weight is 303 g/mol. The maximum atomic E-state index is 13.6. The summed E-state index contributed by atoms with van der Waals surface area (Å²) in [6.45, 7) is 1.76. The van der Waals surface area contributed by atoms with Crippen LogP contribution < -0.4 is 5.73 Å². The highest BCUT2D eigenvalue weighted by atomic mass is 35.5. The first-order chi connectivity index (χ1) is 8.79. The zero-order valence-corrected chi connectivity index (χ0v) is 12.0. The molecule has 1 aromatic heterocycles. The molecule has 0 saturated heterocycles. The van der Waals surface area contributed by atoms with Crippen LogP contribution in [-0.4, -0.2) is 15.0 Å². The van der Waals surface area contributed by atoms with Crippen molar-refractivity contribution in [2.75, 3.05) is 0 Å². The van der Waals surface area contributed by atoms with Gasteiger partial charge in [0.15, 0.2) is 0 Å². The van der Waals surface area contributed by atoms with Crippen LogP contribution in [0.25, 0.3) is 0 Å². The molecule has 1 heterocycles. The Morgan fingerprint density at radius 2 is 2.05 bits per heavy atom. The van der Waals surface area contributed by atoms with Gasteiger partial charge >= 0.3 is 0 Å². The lowest BCUT2D eigenvalue weighted by Gasteiger charge is -2.25. The van der Waals surface area contributed by atoms with Crippen molar-refractivity contribution in [2.24, 2.45) is 12.8 Å². The molecular formula is C12H13Cl2FN4. The minimum atomic E-state index is -0.863. The molecule has 0 amide bonds. The van der Waals surface area contributed by atoms with Crippen molar-refractivity contribution in [3.63, 3.8) is 0 Å². The molecule has 0 fully saturated rings. The molecule has 0 spiro atoms. The van der Waals surface area contributed by atoms with Gasteiger partial charge in [-0.15, -0.1) is 5.10 Å². The number of hydrogen-bond donors (Lipinski definition) is 1. The zero-order chi connectivity index (χ0) is 14.2. The predicted octanol–water partition coefficient (Wildman–Crippen LogP) is 2.68. The first kappa shape index (κ1) is 14.2. The molecule has 4 nitrogen and oxygen atoms in total. The quantitative estimate of drug-likeness (QED) is 0.887. The zero-order valence-electron chi connectivity index (χ0n) is 10.5. The fraction of sp³-hybridized carbons (Fsp3) is 0.333. The topological polar surface area (TPSA) is 56.7 Å². The third-order valence-corrected chi connectivity index (χ3v) is 3.43. The van der Waals surface area contributed by atoms with Gasteiger partial charge in [0, 0.05) is 30.2 Å². The third-order valence-electron chi connectivity index (χ3n) is 2.82. The molecule has 0 aliphatic rings. The van der Waals surface area contributed by atoms with Gasteiger partial charge in [0.1, 0.15) is 5.82 Å². The van der Waals surface area contributed by atoms with E-state index >= 15 is 0 Å². The molecule has 1 atom stereocenters. The molecule has 2 rings (SSSR count). The van der Waals surface area contributed by atoms with Crippen molar-refractivity contribution in [1.29, 1.82) is 0 Å². The summed E-state index contributed by atoms with van der Waals surface area (Å²) < 4.78 is 15.1. The third kappa shape index (κ3) is 3.05. The molecule has 0 aliphatic heterocycles. The van der Waals surface area contributed by atoms with Gasteiger partial charge in [0.05, 0.1) is 10.7 Å². The van der Waals surface area contributed by atoms with Crippen LogP contribution in [-0.2, 0) is 19.0 Å². The fourth-order valence-electron chi connectivity index (χ4n) is 1.91. The first-order valence-corrected chi connectivity index (χ1v) is 6.34. The molecule has 2 aromatic rings. The van der Waals surface area contributed by atoms with Crippen LogP contribution in [0.4, 0.5) is 4.39 Å². The van der Waals surface area contributed by atoms with Crippen molar-refractivity contribution < 1.29 is 4.39 Å². The number of halogens is 3. The second-order valence-corrected chi connectivity index (χ2v) is 5.54. The number of rotatable bonds is 3. The van der Waals surface area contributed by atoms with Gasteiger partial charge in [-0.05, 0) is 24.6 Å². The van der Waals surface area contributed by atoms with Gasteiger partial charge in [-0.3, -0.25) is 4.68 Å². The first-order valence-electron chi connectivity index (χ1n) is 5.59. The largest absolute Gasteiger partial charge is 0.321 e. The number of nitrogens with zero attached hydrogens (tertiary/aromatic N) is 3. The molecule has 0 aliphatic carbocycles. The van der Waals surface area contributed by atoms with E-state index in [-0.39, 0.29) is 5.02 Å². The van der Waals surface area contributed by atoms with E-state index in [2.05, 4.69) is 10.3 Å². The molecule has 19 heavy (non-hydrogen) atoms. The monoisotopic (exact) mass is 302 g/mol. The average Bonchev–Trinajstić information content (AvgIpc) is 2.68. The maximum absolute atomic E-state index is 13.6. The summed E-state index contributed by atoms with van der Waals surface area (Å²) in [5, 5.41) is 8.11. The Morgan fingerprint density at radius 1 is 1.37 bits per heavy atom. The molecule has 0 saturated carbocycles. The van der Waals surface area contributed by atoms with Crippen LogP contribution in [0.2, 0.25) is 10.0 Å². The molecule has 0 radical (unpaired) electrons. The van der Waals surface area contributed by atoms with Crippen molar-refractivity contribution in [3.05, 3.63) is 45.4 Å². The van der Waals surface area contributed by atoms with Crippen molar-refractivity contribution in [2.45, 2.75) is 18.9 Å². The minimum Gasteiger partial charge on any atom is -0.321 e. The van der Waals surface area contributed by atoms with Gasteiger partial charge in [-0.1, -0.05) is 28.4 Å². The van der Waals surface area contributed by atoms with Crippen LogP contribution in [0.5, 0.6) is 0 Å². The van der Waals surface area contributed by atoms with E-state index in [0.717, 1.165) is 0 Å². The van der Waals surface area contributed by atoms with Crippen LogP contribution in [0.3, 0.4) is 0 Å². The summed E-state index contributed by atoms with van der Waals surface area (Å²) in [5.41, 5.74) is 6.56. The van der Waals surface area contributed by atoms with Gasteiger partial charge in [-0.2, -0.15) is 0 Å². The number of hydrogen-bond acceptors (Lipinski definition) is 3. The molecule has 2 N–H and O–H groups in total. The summed E-state index contributed by atoms with van der Waals surface area (Å²) in [4.78, 5) is 0. The van der Waals surface area contributed by atoms with Crippen LogP contribution in [0.15, 0.2) is 18.3 Å². The van der Waals surface area contributed by atoms with E-state index in [9.17, 15) is 4.39 Å². The van der Waals surface area contributed by atoms with E-state index in [1.165, 1.54) is 12.1 Å². The number of nitrogens with two attached hydrogens (primary N) is 1. The normalized spacial score (nSPS) is 14.4. The van der Waals surface area contributed by atoms with E-state index < -0.39 is 11.4 Å². The SMILES string of the molecule is Cn1cc(CC(C)(N)c2cc(F)c(Cl)cc2Cl)nn1. The summed E-state index contributed by atoms with van der Waals surface area (Å²) in [6, 6.07) is 2.62. The molecule has 1 aromatic carbocycles. The lowest BCUT2D eigenvalue weighted by molar-refractivity contribution is 0.480. The maximum Gasteiger partial charge on any atom is 0.142 e.